The Labute approximate surface area is 87.6 Å². The highest BCUT2D eigenvalue weighted by Gasteiger charge is 2.08. The SMILES string of the molecule is COCC(C)Sc1ccc(N)cc1F. The fourth-order valence-electron chi connectivity index (χ4n) is 1.10. The Hall–Kier alpha value is -0.740. The van der Waals surface area contributed by atoms with Crippen molar-refractivity contribution in [3.8, 4) is 0 Å². The van der Waals surface area contributed by atoms with Crippen LogP contribution >= 0.6 is 11.8 Å². The molecule has 0 bridgehead atoms. The van der Waals surface area contributed by atoms with E-state index >= 15 is 0 Å². The molecule has 2 nitrogen and oxygen atoms in total. The molecule has 0 aliphatic heterocycles. The molecule has 1 atom stereocenters. The van der Waals surface area contributed by atoms with Crippen LogP contribution in [-0.4, -0.2) is 19.0 Å². The number of methoxy groups -OCH3 is 1. The third-order valence-corrected chi connectivity index (χ3v) is 2.81. The number of anilines is 1. The Morgan fingerprint density at radius 1 is 1.57 bits per heavy atom. The van der Waals surface area contributed by atoms with E-state index in [1.165, 1.54) is 17.8 Å². The molecule has 0 saturated heterocycles. The van der Waals surface area contributed by atoms with Crippen LogP contribution in [0.5, 0.6) is 0 Å². The predicted octanol–water partition coefficient (Wildman–Crippen LogP) is 2.53. The van der Waals surface area contributed by atoms with Crippen LogP contribution in [0.25, 0.3) is 0 Å². The average molecular weight is 215 g/mol. The lowest BCUT2D eigenvalue weighted by Gasteiger charge is -2.10. The van der Waals surface area contributed by atoms with Gasteiger partial charge in [0, 0.05) is 22.9 Å². The lowest BCUT2D eigenvalue weighted by molar-refractivity contribution is 0.203. The molecule has 1 rings (SSSR count). The molecule has 0 amide bonds. The lowest BCUT2D eigenvalue weighted by Crippen LogP contribution is -2.05. The predicted molar refractivity (Wildman–Crippen MR) is 58.0 cm³/mol. The van der Waals surface area contributed by atoms with E-state index in [1.54, 1.807) is 19.2 Å². The second kappa shape index (κ2) is 5.22. The van der Waals surface area contributed by atoms with E-state index in [2.05, 4.69) is 0 Å². The molecule has 0 aromatic heterocycles. The van der Waals surface area contributed by atoms with Gasteiger partial charge in [-0.1, -0.05) is 6.92 Å². The van der Waals surface area contributed by atoms with Crippen LogP contribution < -0.4 is 5.73 Å². The van der Waals surface area contributed by atoms with Gasteiger partial charge in [-0.3, -0.25) is 0 Å². The van der Waals surface area contributed by atoms with Gasteiger partial charge in [0.2, 0.25) is 0 Å². The fraction of sp³-hybridized carbons (Fsp3) is 0.400. The molecule has 0 aliphatic rings. The Bertz CT molecular complexity index is 306. The first-order chi connectivity index (χ1) is 6.63. The van der Waals surface area contributed by atoms with E-state index < -0.39 is 0 Å². The lowest BCUT2D eigenvalue weighted by atomic mass is 10.3. The van der Waals surface area contributed by atoms with Gasteiger partial charge >= 0.3 is 0 Å². The van der Waals surface area contributed by atoms with Gasteiger partial charge in [0.25, 0.3) is 0 Å². The van der Waals surface area contributed by atoms with E-state index in [0.29, 0.717) is 17.2 Å². The summed E-state index contributed by atoms with van der Waals surface area (Å²) in [5, 5.41) is 0.234. The van der Waals surface area contributed by atoms with E-state index in [-0.39, 0.29) is 11.1 Å². The first-order valence-corrected chi connectivity index (χ1v) is 5.22. The van der Waals surface area contributed by atoms with Gasteiger partial charge in [-0.25, -0.2) is 4.39 Å². The Kier molecular flexibility index (Phi) is 4.22. The first-order valence-electron chi connectivity index (χ1n) is 4.34. The smallest absolute Gasteiger partial charge is 0.138 e. The van der Waals surface area contributed by atoms with Crippen LogP contribution in [0.1, 0.15) is 6.92 Å². The van der Waals surface area contributed by atoms with Crippen molar-refractivity contribution in [2.75, 3.05) is 19.5 Å². The molecule has 0 saturated carbocycles. The van der Waals surface area contributed by atoms with Crippen LogP contribution in [-0.2, 0) is 4.74 Å². The van der Waals surface area contributed by atoms with Crippen LogP contribution in [0.15, 0.2) is 23.1 Å². The van der Waals surface area contributed by atoms with Crippen LogP contribution in [0.2, 0.25) is 0 Å². The van der Waals surface area contributed by atoms with Gasteiger partial charge in [0.05, 0.1) is 6.61 Å². The molecular formula is C10H14FNOS. The van der Waals surface area contributed by atoms with Gasteiger partial charge in [-0.15, -0.1) is 11.8 Å². The number of thioether (sulfide) groups is 1. The maximum absolute atomic E-state index is 13.3. The Morgan fingerprint density at radius 2 is 2.29 bits per heavy atom. The summed E-state index contributed by atoms with van der Waals surface area (Å²) in [5.41, 5.74) is 5.89. The molecule has 14 heavy (non-hydrogen) atoms. The quantitative estimate of drug-likeness (QED) is 0.619. The summed E-state index contributed by atoms with van der Waals surface area (Å²) in [6.45, 7) is 2.60. The summed E-state index contributed by atoms with van der Waals surface area (Å²) in [7, 11) is 1.64. The minimum absolute atomic E-state index is 0.234. The van der Waals surface area contributed by atoms with Gasteiger partial charge in [-0.05, 0) is 18.2 Å². The summed E-state index contributed by atoms with van der Waals surface area (Å²) >= 11 is 1.45. The van der Waals surface area contributed by atoms with Gasteiger partial charge in [0.1, 0.15) is 5.82 Å². The highest BCUT2D eigenvalue weighted by atomic mass is 32.2. The third-order valence-electron chi connectivity index (χ3n) is 1.69. The topological polar surface area (TPSA) is 35.2 Å². The van der Waals surface area contributed by atoms with Crippen molar-refractivity contribution in [2.24, 2.45) is 0 Å². The summed E-state index contributed by atoms with van der Waals surface area (Å²) in [4.78, 5) is 0.615. The van der Waals surface area contributed by atoms with Crippen molar-refractivity contribution in [1.82, 2.24) is 0 Å². The number of nitrogen functional groups attached to an aromatic ring is 1. The summed E-state index contributed by atoms with van der Waals surface area (Å²) in [6, 6.07) is 4.73. The highest BCUT2D eigenvalue weighted by molar-refractivity contribution is 8.00. The Morgan fingerprint density at radius 3 is 2.86 bits per heavy atom. The molecule has 78 valence electrons. The third kappa shape index (κ3) is 3.20. The molecule has 0 spiro atoms. The molecule has 0 fully saturated rings. The monoisotopic (exact) mass is 215 g/mol. The van der Waals surface area contributed by atoms with E-state index in [9.17, 15) is 4.39 Å². The zero-order valence-corrected chi connectivity index (χ0v) is 9.10. The van der Waals surface area contributed by atoms with E-state index in [4.69, 9.17) is 10.5 Å². The maximum Gasteiger partial charge on any atom is 0.138 e. The van der Waals surface area contributed by atoms with Gasteiger partial charge in [-0.2, -0.15) is 0 Å². The number of benzene rings is 1. The van der Waals surface area contributed by atoms with E-state index in [1.807, 2.05) is 6.92 Å². The second-order valence-corrected chi connectivity index (χ2v) is 4.55. The zero-order chi connectivity index (χ0) is 10.6. The standard InChI is InChI=1S/C10H14FNOS/c1-7(6-13-2)14-10-4-3-8(12)5-9(10)11/h3-5,7H,6,12H2,1-2H3. The molecular weight excluding hydrogens is 201 g/mol. The van der Waals surface area contributed by atoms with E-state index in [0.717, 1.165) is 0 Å². The van der Waals surface area contributed by atoms with Gasteiger partial charge < -0.3 is 10.5 Å². The van der Waals surface area contributed by atoms with Crippen molar-refractivity contribution >= 4 is 17.4 Å². The molecule has 1 aromatic rings. The molecule has 0 radical (unpaired) electrons. The normalized spacial score (nSPS) is 12.8. The number of ether oxygens (including phenoxy) is 1. The van der Waals surface area contributed by atoms with Crippen LogP contribution in [0.3, 0.4) is 0 Å². The number of halogens is 1. The fourth-order valence-corrected chi connectivity index (χ4v) is 2.05. The van der Waals surface area contributed by atoms with Crippen LogP contribution in [0.4, 0.5) is 10.1 Å². The highest BCUT2D eigenvalue weighted by Crippen LogP contribution is 2.27. The molecule has 4 heteroatoms. The zero-order valence-electron chi connectivity index (χ0n) is 8.29. The number of rotatable bonds is 4. The van der Waals surface area contributed by atoms with Crippen molar-refractivity contribution in [3.05, 3.63) is 24.0 Å². The van der Waals surface area contributed by atoms with Crippen molar-refractivity contribution in [1.29, 1.82) is 0 Å². The number of nitrogens with two attached hydrogens (primary N) is 1. The van der Waals surface area contributed by atoms with Crippen LogP contribution in [0, 0.1) is 5.82 Å². The molecule has 1 aromatic carbocycles. The van der Waals surface area contributed by atoms with Gasteiger partial charge in [0.15, 0.2) is 0 Å². The largest absolute Gasteiger partial charge is 0.399 e. The molecule has 1 unspecified atom stereocenters. The number of hydrogen-bond donors (Lipinski definition) is 1. The number of hydrogen-bond acceptors (Lipinski definition) is 3. The molecule has 0 aliphatic carbocycles. The minimum atomic E-state index is -0.266. The summed E-state index contributed by atoms with van der Waals surface area (Å²) < 4.78 is 18.3. The van der Waals surface area contributed by atoms with Crippen molar-refractivity contribution in [2.45, 2.75) is 17.1 Å². The summed E-state index contributed by atoms with van der Waals surface area (Å²) in [5.74, 6) is -0.266. The average Bonchev–Trinajstić information content (AvgIpc) is 2.10. The second-order valence-electron chi connectivity index (χ2n) is 3.07. The minimum Gasteiger partial charge on any atom is -0.399 e. The summed E-state index contributed by atoms with van der Waals surface area (Å²) in [6.07, 6.45) is 0. The molecule has 0 heterocycles. The molecule has 2 N–H and O–H groups in total. The Balaban J connectivity index is 2.67. The first kappa shape index (κ1) is 11.3. The van der Waals surface area contributed by atoms with Crippen molar-refractivity contribution in [3.63, 3.8) is 0 Å². The van der Waals surface area contributed by atoms with Crippen molar-refractivity contribution < 1.29 is 9.13 Å². The maximum atomic E-state index is 13.3.